The van der Waals surface area contributed by atoms with Crippen LogP contribution in [0.25, 0.3) is 0 Å². The van der Waals surface area contributed by atoms with Crippen LogP contribution in [-0.2, 0) is 11.3 Å². The fraction of sp³-hybridized carbons (Fsp3) is 0.727. The second-order valence-electron chi connectivity index (χ2n) is 4.37. The number of ether oxygens (including phenoxy) is 1. The summed E-state index contributed by atoms with van der Waals surface area (Å²) < 4.78 is 5.72. The molecule has 0 bridgehead atoms. The van der Waals surface area contributed by atoms with E-state index in [1.54, 1.807) is 11.3 Å². The quantitative estimate of drug-likeness (QED) is 0.854. The SMILES string of the molecule is Cc1ncsc1CNCC1(C)CCCO1. The van der Waals surface area contributed by atoms with Crippen molar-refractivity contribution in [2.24, 2.45) is 0 Å². The molecule has 1 unspecified atom stereocenters. The van der Waals surface area contributed by atoms with Gasteiger partial charge >= 0.3 is 0 Å². The van der Waals surface area contributed by atoms with Crippen LogP contribution in [0.15, 0.2) is 5.51 Å². The van der Waals surface area contributed by atoms with Gasteiger partial charge in [0.2, 0.25) is 0 Å². The summed E-state index contributed by atoms with van der Waals surface area (Å²) in [5.41, 5.74) is 3.10. The zero-order valence-electron chi connectivity index (χ0n) is 9.38. The Balaban J connectivity index is 1.77. The van der Waals surface area contributed by atoms with E-state index in [2.05, 4.69) is 24.1 Å². The van der Waals surface area contributed by atoms with Gasteiger partial charge in [-0.25, -0.2) is 4.98 Å². The maximum absolute atomic E-state index is 5.72. The Labute approximate surface area is 94.9 Å². The van der Waals surface area contributed by atoms with Crippen LogP contribution in [0, 0.1) is 6.92 Å². The summed E-state index contributed by atoms with van der Waals surface area (Å²) >= 11 is 1.72. The lowest BCUT2D eigenvalue weighted by atomic mass is 10.0. The zero-order chi connectivity index (χ0) is 10.7. The van der Waals surface area contributed by atoms with Crippen molar-refractivity contribution in [3.05, 3.63) is 16.1 Å². The first-order valence-corrected chi connectivity index (χ1v) is 6.31. The molecule has 1 fully saturated rings. The number of thiazole rings is 1. The van der Waals surface area contributed by atoms with Gasteiger partial charge in [-0.05, 0) is 26.7 Å². The maximum Gasteiger partial charge on any atom is 0.0798 e. The largest absolute Gasteiger partial charge is 0.374 e. The van der Waals surface area contributed by atoms with Crippen LogP contribution in [0.2, 0.25) is 0 Å². The lowest BCUT2D eigenvalue weighted by Crippen LogP contribution is -2.36. The Bertz CT molecular complexity index is 318. The van der Waals surface area contributed by atoms with Gasteiger partial charge in [0.15, 0.2) is 0 Å². The van der Waals surface area contributed by atoms with E-state index in [0.717, 1.165) is 25.4 Å². The van der Waals surface area contributed by atoms with Gasteiger partial charge in [0.05, 0.1) is 16.8 Å². The molecule has 1 aliphatic rings. The smallest absolute Gasteiger partial charge is 0.0798 e. The van der Waals surface area contributed by atoms with E-state index in [0.29, 0.717) is 0 Å². The summed E-state index contributed by atoms with van der Waals surface area (Å²) in [4.78, 5) is 5.56. The first-order chi connectivity index (χ1) is 7.20. The molecule has 1 atom stereocenters. The molecule has 1 aliphatic heterocycles. The highest BCUT2D eigenvalue weighted by molar-refractivity contribution is 7.09. The fourth-order valence-electron chi connectivity index (χ4n) is 1.91. The number of nitrogens with one attached hydrogen (secondary N) is 1. The van der Waals surface area contributed by atoms with Crippen LogP contribution in [0.4, 0.5) is 0 Å². The minimum atomic E-state index is 0.0542. The number of hydrogen-bond acceptors (Lipinski definition) is 4. The van der Waals surface area contributed by atoms with E-state index >= 15 is 0 Å². The van der Waals surface area contributed by atoms with Gasteiger partial charge in [-0.1, -0.05) is 0 Å². The van der Waals surface area contributed by atoms with Gasteiger partial charge in [-0.15, -0.1) is 11.3 Å². The van der Waals surface area contributed by atoms with Gasteiger partial charge in [0.1, 0.15) is 0 Å². The standard InChI is InChI=1S/C11H18N2OS/c1-9-10(15-8-13-9)6-12-7-11(2)4-3-5-14-11/h8,12H,3-7H2,1-2H3. The Hall–Kier alpha value is -0.450. The average molecular weight is 226 g/mol. The summed E-state index contributed by atoms with van der Waals surface area (Å²) in [6, 6.07) is 0. The van der Waals surface area contributed by atoms with Gasteiger partial charge in [-0.2, -0.15) is 0 Å². The Kier molecular flexibility index (Phi) is 3.38. The molecule has 15 heavy (non-hydrogen) atoms. The van der Waals surface area contributed by atoms with Gasteiger partial charge in [0, 0.05) is 24.6 Å². The fourth-order valence-corrected chi connectivity index (χ4v) is 2.66. The normalized spacial score (nSPS) is 26.0. The molecule has 0 amide bonds. The van der Waals surface area contributed by atoms with Crippen molar-refractivity contribution < 1.29 is 4.74 Å². The molecule has 2 heterocycles. The van der Waals surface area contributed by atoms with Gasteiger partial charge < -0.3 is 10.1 Å². The summed E-state index contributed by atoms with van der Waals surface area (Å²) in [6.07, 6.45) is 2.36. The molecule has 0 saturated carbocycles. The second kappa shape index (κ2) is 4.60. The number of hydrogen-bond donors (Lipinski definition) is 1. The number of aromatic nitrogens is 1. The summed E-state index contributed by atoms with van der Waals surface area (Å²) in [7, 11) is 0. The Morgan fingerprint density at radius 2 is 2.53 bits per heavy atom. The van der Waals surface area contributed by atoms with Crippen LogP contribution in [0.3, 0.4) is 0 Å². The molecular weight excluding hydrogens is 208 g/mol. The molecule has 1 aromatic heterocycles. The topological polar surface area (TPSA) is 34.2 Å². The average Bonchev–Trinajstić information content (AvgIpc) is 2.78. The van der Waals surface area contributed by atoms with Crippen LogP contribution in [0.5, 0.6) is 0 Å². The lowest BCUT2D eigenvalue weighted by Gasteiger charge is -2.23. The van der Waals surface area contributed by atoms with Gasteiger partial charge in [0.25, 0.3) is 0 Å². The van der Waals surface area contributed by atoms with E-state index in [1.165, 1.54) is 17.7 Å². The van der Waals surface area contributed by atoms with Crippen molar-refractivity contribution in [1.82, 2.24) is 10.3 Å². The number of nitrogens with zero attached hydrogens (tertiary/aromatic N) is 1. The lowest BCUT2D eigenvalue weighted by molar-refractivity contribution is 0.0207. The molecule has 4 heteroatoms. The summed E-state index contributed by atoms with van der Waals surface area (Å²) in [5.74, 6) is 0. The number of aryl methyl sites for hydroxylation is 1. The summed E-state index contributed by atoms with van der Waals surface area (Å²) in [6.45, 7) is 7.01. The van der Waals surface area contributed by atoms with Crippen LogP contribution in [-0.4, -0.2) is 23.7 Å². The molecule has 1 aromatic rings. The maximum atomic E-state index is 5.72. The molecule has 1 saturated heterocycles. The molecule has 0 spiro atoms. The van der Waals surface area contributed by atoms with E-state index < -0.39 is 0 Å². The molecule has 0 aliphatic carbocycles. The minimum absolute atomic E-state index is 0.0542. The zero-order valence-corrected chi connectivity index (χ0v) is 10.2. The van der Waals surface area contributed by atoms with E-state index in [-0.39, 0.29) is 5.60 Å². The van der Waals surface area contributed by atoms with Crippen molar-refractivity contribution in [2.75, 3.05) is 13.2 Å². The van der Waals surface area contributed by atoms with E-state index in [1.807, 2.05) is 5.51 Å². The minimum Gasteiger partial charge on any atom is -0.374 e. The Morgan fingerprint density at radius 3 is 3.13 bits per heavy atom. The highest BCUT2D eigenvalue weighted by Crippen LogP contribution is 2.24. The number of rotatable bonds is 4. The first kappa shape index (κ1) is 11.0. The predicted octanol–water partition coefficient (Wildman–Crippen LogP) is 2.11. The molecule has 1 N–H and O–H groups in total. The first-order valence-electron chi connectivity index (χ1n) is 5.43. The second-order valence-corrected chi connectivity index (χ2v) is 5.31. The van der Waals surface area contributed by atoms with Gasteiger partial charge in [-0.3, -0.25) is 0 Å². The monoisotopic (exact) mass is 226 g/mol. The van der Waals surface area contributed by atoms with Crippen LogP contribution >= 0.6 is 11.3 Å². The molecule has 84 valence electrons. The third-order valence-corrected chi connectivity index (χ3v) is 3.86. The molecule has 2 rings (SSSR count). The molecule has 0 aromatic carbocycles. The molecule has 0 radical (unpaired) electrons. The summed E-state index contributed by atoms with van der Waals surface area (Å²) in [5, 5.41) is 3.46. The van der Waals surface area contributed by atoms with Crippen molar-refractivity contribution in [1.29, 1.82) is 0 Å². The van der Waals surface area contributed by atoms with E-state index in [9.17, 15) is 0 Å². The van der Waals surface area contributed by atoms with E-state index in [4.69, 9.17) is 4.74 Å². The van der Waals surface area contributed by atoms with Crippen molar-refractivity contribution in [2.45, 2.75) is 38.8 Å². The molecular formula is C11H18N2OS. The van der Waals surface area contributed by atoms with Crippen molar-refractivity contribution >= 4 is 11.3 Å². The van der Waals surface area contributed by atoms with Crippen molar-refractivity contribution in [3.63, 3.8) is 0 Å². The van der Waals surface area contributed by atoms with Crippen LogP contribution < -0.4 is 5.32 Å². The Morgan fingerprint density at radius 1 is 1.67 bits per heavy atom. The van der Waals surface area contributed by atoms with Crippen molar-refractivity contribution in [3.8, 4) is 0 Å². The third-order valence-electron chi connectivity index (χ3n) is 2.93. The highest BCUT2D eigenvalue weighted by Gasteiger charge is 2.28. The third kappa shape index (κ3) is 2.77. The molecule has 3 nitrogen and oxygen atoms in total. The predicted molar refractivity (Wildman–Crippen MR) is 62.1 cm³/mol. The van der Waals surface area contributed by atoms with Crippen LogP contribution in [0.1, 0.15) is 30.3 Å². The highest BCUT2D eigenvalue weighted by atomic mass is 32.1.